The van der Waals surface area contributed by atoms with Gasteiger partial charge in [0.2, 0.25) is 0 Å². The van der Waals surface area contributed by atoms with Gasteiger partial charge in [0.25, 0.3) is 0 Å². The maximum atomic E-state index is 12.7. The van der Waals surface area contributed by atoms with Crippen LogP contribution in [-0.4, -0.2) is 47.6 Å². The molecule has 0 radical (unpaired) electrons. The SMILES string of the molecule is COc1ccc2c(OCCSCCSCCSC(=O)C(C)(C)C(C)CC(C)C)cc(=O)oc2c1. The van der Waals surface area contributed by atoms with Crippen molar-refractivity contribution < 1.29 is 18.7 Å². The molecule has 1 aromatic carbocycles. The van der Waals surface area contributed by atoms with Crippen LogP contribution in [0.15, 0.2) is 33.5 Å². The molecule has 0 aliphatic rings. The molecule has 0 saturated carbocycles. The Bertz CT molecular complexity index is 971. The average molecular weight is 527 g/mol. The molecule has 0 N–H and O–H groups in total. The van der Waals surface area contributed by atoms with Gasteiger partial charge in [0.15, 0.2) is 5.12 Å². The molecule has 0 saturated heterocycles. The van der Waals surface area contributed by atoms with E-state index in [4.69, 9.17) is 13.9 Å². The molecule has 8 heteroatoms. The number of benzene rings is 1. The third-order valence-corrected chi connectivity index (χ3v) is 9.46. The molecule has 1 aromatic heterocycles. The van der Waals surface area contributed by atoms with Crippen LogP contribution in [0.3, 0.4) is 0 Å². The van der Waals surface area contributed by atoms with Crippen LogP contribution in [0.5, 0.6) is 11.5 Å². The highest BCUT2D eigenvalue weighted by molar-refractivity contribution is 8.14. The number of hydrogen-bond donors (Lipinski definition) is 0. The van der Waals surface area contributed by atoms with Crippen molar-refractivity contribution in [3.8, 4) is 11.5 Å². The van der Waals surface area contributed by atoms with Gasteiger partial charge in [-0.1, -0.05) is 46.4 Å². The molecule has 1 heterocycles. The van der Waals surface area contributed by atoms with Gasteiger partial charge in [-0.3, -0.25) is 4.79 Å². The van der Waals surface area contributed by atoms with E-state index in [1.54, 1.807) is 13.2 Å². The van der Waals surface area contributed by atoms with Crippen LogP contribution in [0.2, 0.25) is 0 Å². The largest absolute Gasteiger partial charge is 0.497 e. The minimum Gasteiger partial charge on any atom is -0.497 e. The number of carbonyl (C=O) groups is 1. The fraction of sp³-hybridized carbons (Fsp3) is 0.615. The molecule has 0 fully saturated rings. The van der Waals surface area contributed by atoms with Crippen LogP contribution >= 0.6 is 35.3 Å². The summed E-state index contributed by atoms with van der Waals surface area (Å²) in [7, 11) is 1.57. The Morgan fingerprint density at radius 1 is 1.03 bits per heavy atom. The number of thioether (sulfide) groups is 3. The van der Waals surface area contributed by atoms with Crippen LogP contribution in [0.4, 0.5) is 0 Å². The first-order valence-corrected chi connectivity index (χ1v) is 15.0. The van der Waals surface area contributed by atoms with Gasteiger partial charge in [0.05, 0.1) is 25.2 Å². The fourth-order valence-corrected chi connectivity index (χ4v) is 6.59. The quantitative estimate of drug-likeness (QED) is 0.190. The number of methoxy groups -OCH3 is 1. The maximum Gasteiger partial charge on any atom is 0.339 e. The smallest absolute Gasteiger partial charge is 0.339 e. The molecule has 2 rings (SSSR count). The summed E-state index contributed by atoms with van der Waals surface area (Å²) in [5.41, 5.74) is -0.249. The molecular weight excluding hydrogens is 488 g/mol. The van der Waals surface area contributed by atoms with E-state index < -0.39 is 5.63 Å². The average Bonchev–Trinajstić information content (AvgIpc) is 2.78. The zero-order chi connectivity index (χ0) is 25.1. The third-order valence-electron chi connectivity index (χ3n) is 5.81. The van der Waals surface area contributed by atoms with Crippen LogP contribution in [0, 0.1) is 17.3 Å². The van der Waals surface area contributed by atoms with E-state index in [0.29, 0.717) is 40.6 Å². The van der Waals surface area contributed by atoms with Crippen molar-refractivity contribution in [1.82, 2.24) is 0 Å². The summed E-state index contributed by atoms with van der Waals surface area (Å²) in [6.07, 6.45) is 1.08. The fourth-order valence-electron chi connectivity index (χ4n) is 3.47. The first kappa shape index (κ1) is 29.0. The zero-order valence-electron chi connectivity index (χ0n) is 21.2. The van der Waals surface area contributed by atoms with Crippen molar-refractivity contribution >= 4 is 51.4 Å². The van der Waals surface area contributed by atoms with Crippen molar-refractivity contribution in [2.45, 2.75) is 41.0 Å². The summed E-state index contributed by atoms with van der Waals surface area (Å²) in [4.78, 5) is 24.5. The zero-order valence-corrected chi connectivity index (χ0v) is 23.6. The predicted molar refractivity (Wildman–Crippen MR) is 149 cm³/mol. The topological polar surface area (TPSA) is 65.7 Å². The van der Waals surface area contributed by atoms with Gasteiger partial charge in [-0.25, -0.2) is 4.79 Å². The molecule has 1 unspecified atom stereocenters. The van der Waals surface area contributed by atoms with Gasteiger partial charge in [0, 0.05) is 40.2 Å². The van der Waals surface area contributed by atoms with Crippen molar-refractivity contribution in [1.29, 1.82) is 0 Å². The van der Waals surface area contributed by atoms with Gasteiger partial charge in [-0.2, -0.15) is 23.5 Å². The summed E-state index contributed by atoms with van der Waals surface area (Å²) in [6.45, 7) is 11.3. The molecule has 34 heavy (non-hydrogen) atoms. The highest BCUT2D eigenvalue weighted by Gasteiger charge is 2.33. The molecule has 1 atom stereocenters. The van der Waals surface area contributed by atoms with Crippen LogP contribution in [0.25, 0.3) is 11.0 Å². The minimum absolute atomic E-state index is 0.271. The lowest BCUT2D eigenvalue weighted by atomic mass is 9.77. The van der Waals surface area contributed by atoms with E-state index >= 15 is 0 Å². The molecule has 0 amide bonds. The van der Waals surface area contributed by atoms with Gasteiger partial charge in [-0.15, -0.1) is 0 Å². The van der Waals surface area contributed by atoms with E-state index in [1.165, 1.54) is 17.8 Å². The van der Waals surface area contributed by atoms with E-state index in [2.05, 4.69) is 34.6 Å². The molecule has 190 valence electrons. The Morgan fingerprint density at radius 3 is 2.38 bits per heavy atom. The highest BCUT2D eigenvalue weighted by Crippen LogP contribution is 2.36. The Hall–Kier alpha value is -1.25. The van der Waals surface area contributed by atoms with Crippen molar-refractivity contribution in [2.24, 2.45) is 17.3 Å². The van der Waals surface area contributed by atoms with Crippen LogP contribution < -0.4 is 15.1 Å². The monoisotopic (exact) mass is 526 g/mol. The molecule has 0 aliphatic carbocycles. The Morgan fingerprint density at radius 2 is 1.71 bits per heavy atom. The second kappa shape index (κ2) is 14.3. The van der Waals surface area contributed by atoms with Gasteiger partial charge in [-0.05, 0) is 30.4 Å². The lowest BCUT2D eigenvalue weighted by Gasteiger charge is -2.31. The molecule has 5 nitrogen and oxygen atoms in total. The van der Waals surface area contributed by atoms with Gasteiger partial charge < -0.3 is 13.9 Å². The van der Waals surface area contributed by atoms with Crippen LogP contribution in [0.1, 0.15) is 41.0 Å². The number of fused-ring (bicyclic) bond motifs is 1. The van der Waals surface area contributed by atoms with Crippen molar-refractivity contribution in [3.63, 3.8) is 0 Å². The van der Waals surface area contributed by atoms with Gasteiger partial charge >= 0.3 is 5.63 Å². The molecule has 0 spiro atoms. The first-order valence-electron chi connectivity index (χ1n) is 11.7. The second-order valence-corrected chi connectivity index (χ2v) is 12.8. The van der Waals surface area contributed by atoms with E-state index in [1.807, 2.05) is 35.7 Å². The second-order valence-electron chi connectivity index (χ2n) is 9.25. The number of carbonyl (C=O) groups excluding carboxylic acids is 1. The molecule has 0 bridgehead atoms. The lowest BCUT2D eigenvalue weighted by Crippen LogP contribution is -2.30. The third kappa shape index (κ3) is 9.08. The summed E-state index contributed by atoms with van der Waals surface area (Å²) in [6, 6.07) is 6.74. The van der Waals surface area contributed by atoms with E-state index in [-0.39, 0.29) is 5.41 Å². The molecule has 0 aliphatic heterocycles. The highest BCUT2D eigenvalue weighted by atomic mass is 32.2. The molecule has 2 aromatic rings. The van der Waals surface area contributed by atoms with Crippen molar-refractivity contribution in [3.05, 3.63) is 34.7 Å². The van der Waals surface area contributed by atoms with E-state index in [9.17, 15) is 9.59 Å². The summed E-state index contributed by atoms with van der Waals surface area (Å²) in [5, 5.41) is 1.07. The summed E-state index contributed by atoms with van der Waals surface area (Å²) >= 11 is 5.20. The van der Waals surface area contributed by atoms with Crippen molar-refractivity contribution in [2.75, 3.05) is 42.5 Å². The predicted octanol–water partition coefficient (Wildman–Crippen LogP) is 6.62. The Labute approximate surface area is 216 Å². The Balaban J connectivity index is 1.61. The first-order chi connectivity index (χ1) is 16.1. The summed E-state index contributed by atoms with van der Waals surface area (Å²) in [5.74, 6) is 6.94. The lowest BCUT2D eigenvalue weighted by molar-refractivity contribution is -0.120. The number of rotatable bonds is 15. The normalized spacial score (nSPS) is 12.8. The van der Waals surface area contributed by atoms with Crippen LogP contribution in [-0.2, 0) is 4.79 Å². The molecular formula is C26H38O5S3. The standard InChI is InChI=1S/C26H38O5S3/c1-18(2)15-19(3)26(4,5)25(28)34-14-13-33-12-11-32-10-9-30-22-17-24(27)31-23-16-20(29-6)7-8-21(22)23/h7-8,16-19H,9-15H2,1-6H3. The number of ether oxygens (including phenoxy) is 2. The maximum absolute atomic E-state index is 12.7. The number of hydrogen-bond acceptors (Lipinski definition) is 8. The Kier molecular flexibility index (Phi) is 12.2. The minimum atomic E-state index is -0.436. The van der Waals surface area contributed by atoms with Gasteiger partial charge in [0.1, 0.15) is 17.1 Å². The van der Waals surface area contributed by atoms with E-state index in [0.717, 1.165) is 40.6 Å². The summed E-state index contributed by atoms with van der Waals surface area (Å²) < 4.78 is 16.3.